The van der Waals surface area contributed by atoms with Crippen molar-refractivity contribution in [2.45, 2.75) is 83.3 Å². The van der Waals surface area contributed by atoms with Crippen molar-refractivity contribution in [3.63, 3.8) is 0 Å². The van der Waals surface area contributed by atoms with Crippen LogP contribution in [0.1, 0.15) is 81.9 Å². The number of fused-ring (bicyclic) bond motifs is 3. The largest absolute Gasteiger partial charge is 0.381 e. The molecule has 1 N–H and O–H groups in total. The van der Waals surface area contributed by atoms with Crippen molar-refractivity contribution in [3.05, 3.63) is 29.3 Å². The lowest BCUT2D eigenvalue weighted by atomic mass is 9.71. The highest BCUT2D eigenvalue weighted by Gasteiger charge is 2.42. The van der Waals surface area contributed by atoms with E-state index in [1.807, 2.05) is 0 Å². The first kappa shape index (κ1) is 16.4. The molecule has 4 rings (SSSR count). The van der Waals surface area contributed by atoms with Gasteiger partial charge in [0.1, 0.15) is 0 Å². The number of nitrogens with one attached hydrogen (secondary N) is 1. The third-order valence-corrected chi connectivity index (χ3v) is 6.55. The second-order valence-electron chi connectivity index (χ2n) is 8.19. The van der Waals surface area contributed by atoms with E-state index >= 15 is 0 Å². The first-order valence-corrected chi connectivity index (χ1v) is 10.4. The fourth-order valence-corrected chi connectivity index (χ4v) is 5.26. The van der Waals surface area contributed by atoms with E-state index in [1.165, 1.54) is 81.0 Å². The topological polar surface area (TPSA) is 21.3 Å². The molecule has 2 aliphatic heterocycles. The van der Waals surface area contributed by atoms with Gasteiger partial charge in [0.2, 0.25) is 0 Å². The molecule has 1 aromatic carbocycles. The summed E-state index contributed by atoms with van der Waals surface area (Å²) in [7, 11) is 0. The van der Waals surface area contributed by atoms with Crippen molar-refractivity contribution in [2.24, 2.45) is 11.8 Å². The number of aryl methyl sites for hydroxylation is 1. The number of unbranched alkanes of at least 4 members (excludes halogenated alkanes) is 1. The number of hydrogen-bond acceptors (Lipinski definition) is 2. The Bertz CT molecular complexity index is 549. The quantitative estimate of drug-likeness (QED) is 0.746. The number of rotatable bonds is 4. The monoisotopic (exact) mass is 327 g/mol. The van der Waals surface area contributed by atoms with Crippen molar-refractivity contribution in [1.82, 2.24) is 0 Å². The van der Waals surface area contributed by atoms with Crippen LogP contribution in [-0.4, -0.2) is 12.6 Å². The van der Waals surface area contributed by atoms with Gasteiger partial charge in [0.05, 0.1) is 6.10 Å². The van der Waals surface area contributed by atoms with E-state index in [0.717, 1.165) is 12.5 Å². The lowest BCUT2D eigenvalue weighted by Crippen LogP contribution is -2.46. The Kier molecular flexibility index (Phi) is 5.12. The highest BCUT2D eigenvalue weighted by atomic mass is 16.5. The second-order valence-corrected chi connectivity index (χ2v) is 8.19. The van der Waals surface area contributed by atoms with Gasteiger partial charge in [-0.1, -0.05) is 44.7 Å². The molecule has 1 aromatic rings. The summed E-state index contributed by atoms with van der Waals surface area (Å²) in [5, 5.41) is 3.97. The summed E-state index contributed by atoms with van der Waals surface area (Å²) in [4.78, 5) is 0. The number of hydrogen-bond donors (Lipinski definition) is 1. The van der Waals surface area contributed by atoms with Gasteiger partial charge in [-0.2, -0.15) is 0 Å². The van der Waals surface area contributed by atoms with Gasteiger partial charge in [0.25, 0.3) is 0 Å². The van der Waals surface area contributed by atoms with Crippen LogP contribution in [0.5, 0.6) is 0 Å². The third-order valence-electron chi connectivity index (χ3n) is 6.55. The zero-order valence-corrected chi connectivity index (χ0v) is 15.2. The molecule has 0 aromatic heterocycles. The molecule has 0 radical (unpaired) electrons. The molecule has 24 heavy (non-hydrogen) atoms. The molecule has 0 bridgehead atoms. The van der Waals surface area contributed by atoms with Gasteiger partial charge >= 0.3 is 0 Å². The van der Waals surface area contributed by atoms with Crippen molar-refractivity contribution in [3.8, 4) is 0 Å². The van der Waals surface area contributed by atoms with Crippen LogP contribution < -0.4 is 5.32 Å². The summed E-state index contributed by atoms with van der Waals surface area (Å²) in [5.41, 5.74) is 4.29. The van der Waals surface area contributed by atoms with Crippen LogP contribution in [0.4, 0.5) is 5.69 Å². The Morgan fingerprint density at radius 3 is 2.79 bits per heavy atom. The fraction of sp³-hybridized carbons (Fsp3) is 0.727. The molecule has 132 valence electrons. The van der Waals surface area contributed by atoms with Gasteiger partial charge in [0, 0.05) is 29.8 Å². The number of ether oxygens (including phenoxy) is 1. The third kappa shape index (κ3) is 3.22. The molecule has 1 saturated carbocycles. The molecular formula is C22H33NO. The molecule has 2 nitrogen and oxygen atoms in total. The molecule has 0 spiro atoms. The predicted molar refractivity (Wildman–Crippen MR) is 100 cm³/mol. The minimum atomic E-state index is 0.337. The van der Waals surface area contributed by atoms with Crippen molar-refractivity contribution in [2.75, 3.05) is 11.9 Å². The van der Waals surface area contributed by atoms with Gasteiger partial charge < -0.3 is 10.1 Å². The lowest BCUT2D eigenvalue weighted by molar-refractivity contribution is -0.0458. The molecule has 2 heteroatoms. The number of anilines is 1. The van der Waals surface area contributed by atoms with Crippen LogP contribution >= 0.6 is 0 Å². The Hall–Kier alpha value is -1.02. The van der Waals surface area contributed by atoms with Crippen LogP contribution in [0.2, 0.25) is 0 Å². The lowest BCUT2D eigenvalue weighted by Gasteiger charge is -2.47. The van der Waals surface area contributed by atoms with Crippen LogP contribution in [0.15, 0.2) is 18.2 Å². The SMILES string of the molecule is CCCCc1ccc2c(c1)[C@H]1OCCC[C@H]1[C@H](C1CCCCC1)N2. The van der Waals surface area contributed by atoms with E-state index in [-0.39, 0.29) is 0 Å². The van der Waals surface area contributed by atoms with Gasteiger partial charge in [-0.15, -0.1) is 0 Å². The van der Waals surface area contributed by atoms with Gasteiger partial charge in [-0.05, 0) is 56.1 Å². The molecule has 1 saturated heterocycles. The predicted octanol–water partition coefficient (Wildman–Crippen LogP) is 5.87. The summed E-state index contributed by atoms with van der Waals surface area (Å²) in [6.07, 6.45) is 13.7. The average Bonchev–Trinajstić information content (AvgIpc) is 2.66. The van der Waals surface area contributed by atoms with E-state index in [0.29, 0.717) is 18.1 Å². The van der Waals surface area contributed by atoms with Crippen LogP contribution in [0, 0.1) is 11.8 Å². The minimum Gasteiger partial charge on any atom is -0.381 e. The summed E-state index contributed by atoms with van der Waals surface area (Å²) >= 11 is 0. The molecule has 2 fully saturated rings. The van der Waals surface area contributed by atoms with E-state index < -0.39 is 0 Å². The summed E-state index contributed by atoms with van der Waals surface area (Å²) in [5.74, 6) is 1.52. The highest BCUT2D eigenvalue weighted by Crippen LogP contribution is 2.47. The molecule has 1 aliphatic carbocycles. The van der Waals surface area contributed by atoms with Crippen LogP contribution in [0.25, 0.3) is 0 Å². The van der Waals surface area contributed by atoms with Crippen LogP contribution in [-0.2, 0) is 11.2 Å². The van der Waals surface area contributed by atoms with E-state index in [2.05, 4.69) is 30.4 Å². The maximum atomic E-state index is 6.35. The smallest absolute Gasteiger partial charge is 0.0892 e. The standard InChI is InChI=1S/C22H33NO/c1-2-3-8-16-12-13-20-19(15-16)22-18(11-7-14-24-22)21(23-20)17-9-5-4-6-10-17/h12-13,15,17-18,21-23H,2-11,14H2,1H3/t18-,21-,22-/m0/s1. The Morgan fingerprint density at radius 2 is 1.96 bits per heavy atom. The van der Waals surface area contributed by atoms with E-state index in [9.17, 15) is 0 Å². The fourth-order valence-electron chi connectivity index (χ4n) is 5.26. The van der Waals surface area contributed by atoms with Crippen LogP contribution in [0.3, 0.4) is 0 Å². The Labute approximate surface area is 147 Å². The summed E-state index contributed by atoms with van der Waals surface area (Å²) < 4.78 is 6.35. The average molecular weight is 328 g/mol. The molecule has 0 amide bonds. The number of benzene rings is 1. The van der Waals surface area contributed by atoms with E-state index in [1.54, 1.807) is 0 Å². The summed E-state index contributed by atoms with van der Waals surface area (Å²) in [6, 6.07) is 7.75. The van der Waals surface area contributed by atoms with Gasteiger partial charge in [0.15, 0.2) is 0 Å². The first-order chi connectivity index (χ1) is 11.9. The zero-order valence-electron chi connectivity index (χ0n) is 15.2. The minimum absolute atomic E-state index is 0.337. The molecular weight excluding hydrogens is 294 g/mol. The zero-order chi connectivity index (χ0) is 16.4. The maximum Gasteiger partial charge on any atom is 0.0892 e. The van der Waals surface area contributed by atoms with E-state index in [4.69, 9.17) is 4.74 Å². The molecule has 0 unspecified atom stereocenters. The molecule has 3 aliphatic rings. The maximum absolute atomic E-state index is 6.35. The Balaban J connectivity index is 1.61. The molecule has 2 heterocycles. The van der Waals surface area contributed by atoms with Crippen molar-refractivity contribution >= 4 is 5.69 Å². The second kappa shape index (κ2) is 7.47. The molecule has 3 atom stereocenters. The Morgan fingerprint density at radius 1 is 1.08 bits per heavy atom. The summed E-state index contributed by atoms with van der Waals surface area (Å²) in [6.45, 7) is 3.21. The highest BCUT2D eigenvalue weighted by molar-refractivity contribution is 5.57. The normalized spacial score (nSPS) is 30.3. The van der Waals surface area contributed by atoms with Crippen molar-refractivity contribution in [1.29, 1.82) is 0 Å². The van der Waals surface area contributed by atoms with Gasteiger partial charge in [-0.25, -0.2) is 0 Å². The van der Waals surface area contributed by atoms with Crippen molar-refractivity contribution < 1.29 is 4.74 Å². The first-order valence-electron chi connectivity index (χ1n) is 10.4. The van der Waals surface area contributed by atoms with Gasteiger partial charge in [-0.3, -0.25) is 0 Å².